The first-order valence-electron chi connectivity index (χ1n) is 5.67. The minimum Gasteiger partial charge on any atom is -0.262 e. The Kier molecular flexibility index (Phi) is 4.25. The molecule has 5 heteroatoms. The summed E-state index contributed by atoms with van der Waals surface area (Å²) in [7, 11) is 0. The molecule has 0 unspecified atom stereocenters. The molecule has 0 radical (unpaired) electrons. The standard InChI is InChI=1S/C13H13ClN4/c1-2-8-15-18-12-9-11(14)16-13(17-12)10-6-4-3-5-7-10/h3-9H,2H2,1H3,(H,16,17,18). The minimum atomic E-state index is 0.387. The topological polar surface area (TPSA) is 50.2 Å². The number of hydrazone groups is 1. The van der Waals surface area contributed by atoms with Gasteiger partial charge in [0.15, 0.2) is 11.6 Å². The molecule has 1 aromatic carbocycles. The van der Waals surface area contributed by atoms with Gasteiger partial charge in [-0.15, -0.1) is 0 Å². The molecule has 4 nitrogen and oxygen atoms in total. The van der Waals surface area contributed by atoms with E-state index in [0.717, 1.165) is 12.0 Å². The molecule has 0 bridgehead atoms. The zero-order valence-electron chi connectivity index (χ0n) is 9.97. The van der Waals surface area contributed by atoms with E-state index in [1.54, 1.807) is 12.3 Å². The van der Waals surface area contributed by atoms with Gasteiger partial charge in [-0.3, -0.25) is 5.43 Å². The van der Waals surface area contributed by atoms with Crippen molar-refractivity contribution >= 4 is 23.6 Å². The highest BCUT2D eigenvalue weighted by Crippen LogP contribution is 2.19. The van der Waals surface area contributed by atoms with Crippen LogP contribution >= 0.6 is 11.6 Å². The molecule has 1 heterocycles. The van der Waals surface area contributed by atoms with Crippen LogP contribution < -0.4 is 5.43 Å². The van der Waals surface area contributed by atoms with Crippen molar-refractivity contribution in [1.29, 1.82) is 0 Å². The Hall–Kier alpha value is -1.94. The third kappa shape index (κ3) is 3.28. The molecule has 0 atom stereocenters. The molecule has 0 fully saturated rings. The number of hydrogen-bond donors (Lipinski definition) is 1. The van der Waals surface area contributed by atoms with E-state index in [1.807, 2.05) is 37.3 Å². The molecule has 0 aliphatic rings. The van der Waals surface area contributed by atoms with Crippen molar-refractivity contribution in [1.82, 2.24) is 9.97 Å². The van der Waals surface area contributed by atoms with E-state index in [9.17, 15) is 0 Å². The van der Waals surface area contributed by atoms with E-state index in [1.165, 1.54) is 0 Å². The van der Waals surface area contributed by atoms with E-state index >= 15 is 0 Å². The number of rotatable bonds is 4. The SMILES string of the molecule is CCC=NNc1cc(Cl)nc(-c2ccccc2)n1. The van der Waals surface area contributed by atoms with Crippen molar-refractivity contribution < 1.29 is 0 Å². The molecular formula is C13H13ClN4. The second-order valence-corrected chi connectivity index (χ2v) is 3.98. The zero-order valence-corrected chi connectivity index (χ0v) is 10.7. The smallest absolute Gasteiger partial charge is 0.163 e. The predicted molar refractivity (Wildman–Crippen MR) is 74.9 cm³/mol. The molecule has 0 saturated heterocycles. The lowest BCUT2D eigenvalue weighted by Gasteiger charge is -2.04. The Morgan fingerprint density at radius 3 is 2.78 bits per heavy atom. The van der Waals surface area contributed by atoms with Gasteiger partial charge in [0.25, 0.3) is 0 Å². The first-order valence-corrected chi connectivity index (χ1v) is 6.05. The van der Waals surface area contributed by atoms with E-state index in [4.69, 9.17) is 11.6 Å². The van der Waals surface area contributed by atoms with Gasteiger partial charge < -0.3 is 0 Å². The van der Waals surface area contributed by atoms with Gasteiger partial charge in [-0.25, -0.2) is 9.97 Å². The highest BCUT2D eigenvalue weighted by atomic mass is 35.5. The molecule has 0 amide bonds. The molecule has 0 aliphatic carbocycles. The van der Waals surface area contributed by atoms with Gasteiger partial charge in [0.1, 0.15) is 5.15 Å². The van der Waals surface area contributed by atoms with Crippen molar-refractivity contribution in [3.8, 4) is 11.4 Å². The summed E-state index contributed by atoms with van der Waals surface area (Å²) in [6.07, 6.45) is 2.62. The molecule has 2 aromatic rings. The molecule has 0 aliphatic heterocycles. The summed E-state index contributed by atoms with van der Waals surface area (Å²) in [5.41, 5.74) is 3.75. The summed E-state index contributed by atoms with van der Waals surface area (Å²) in [5, 5.41) is 4.40. The molecular weight excluding hydrogens is 248 g/mol. The van der Waals surface area contributed by atoms with Crippen molar-refractivity contribution in [2.75, 3.05) is 5.43 Å². The lowest BCUT2D eigenvalue weighted by Crippen LogP contribution is -1.97. The molecule has 2 rings (SSSR count). The van der Waals surface area contributed by atoms with Crippen LogP contribution in [0.5, 0.6) is 0 Å². The Morgan fingerprint density at radius 2 is 2.06 bits per heavy atom. The number of anilines is 1. The van der Waals surface area contributed by atoms with E-state index in [0.29, 0.717) is 16.8 Å². The fourth-order valence-electron chi connectivity index (χ4n) is 1.39. The number of nitrogens with one attached hydrogen (secondary N) is 1. The second kappa shape index (κ2) is 6.12. The van der Waals surface area contributed by atoms with Crippen LogP contribution in [0.2, 0.25) is 5.15 Å². The van der Waals surface area contributed by atoms with Gasteiger partial charge >= 0.3 is 0 Å². The number of aromatic nitrogens is 2. The van der Waals surface area contributed by atoms with E-state index < -0.39 is 0 Å². The summed E-state index contributed by atoms with van der Waals surface area (Å²) < 4.78 is 0. The van der Waals surface area contributed by atoms with Crippen molar-refractivity contribution in [2.24, 2.45) is 5.10 Å². The Balaban J connectivity index is 2.29. The molecule has 0 saturated carbocycles. The Labute approximate surface area is 111 Å². The van der Waals surface area contributed by atoms with Crippen molar-refractivity contribution in [3.05, 3.63) is 41.6 Å². The average Bonchev–Trinajstić information content (AvgIpc) is 2.39. The third-order valence-electron chi connectivity index (χ3n) is 2.18. The van der Waals surface area contributed by atoms with Gasteiger partial charge in [-0.1, -0.05) is 48.9 Å². The summed E-state index contributed by atoms with van der Waals surface area (Å²) in [6.45, 7) is 2.01. The molecule has 1 N–H and O–H groups in total. The molecule has 1 aromatic heterocycles. The van der Waals surface area contributed by atoms with Crippen LogP contribution in [0.4, 0.5) is 5.82 Å². The summed E-state index contributed by atoms with van der Waals surface area (Å²) >= 11 is 5.97. The van der Waals surface area contributed by atoms with Crippen LogP contribution in [0.3, 0.4) is 0 Å². The number of nitrogens with zero attached hydrogens (tertiary/aromatic N) is 3. The predicted octanol–water partition coefficient (Wildman–Crippen LogP) is 3.60. The summed E-state index contributed by atoms with van der Waals surface area (Å²) in [4.78, 5) is 8.55. The van der Waals surface area contributed by atoms with Gasteiger partial charge in [-0.2, -0.15) is 5.10 Å². The van der Waals surface area contributed by atoms with Gasteiger partial charge in [0, 0.05) is 17.8 Å². The van der Waals surface area contributed by atoms with Gasteiger partial charge in [0.05, 0.1) is 0 Å². The van der Waals surface area contributed by atoms with Crippen molar-refractivity contribution in [2.45, 2.75) is 13.3 Å². The lowest BCUT2D eigenvalue weighted by atomic mass is 10.2. The second-order valence-electron chi connectivity index (χ2n) is 3.60. The highest BCUT2D eigenvalue weighted by Gasteiger charge is 2.04. The van der Waals surface area contributed by atoms with Crippen LogP contribution in [0.15, 0.2) is 41.5 Å². The fraction of sp³-hybridized carbons (Fsp3) is 0.154. The van der Waals surface area contributed by atoms with Crippen molar-refractivity contribution in [3.63, 3.8) is 0 Å². The molecule has 18 heavy (non-hydrogen) atoms. The van der Waals surface area contributed by atoms with Crippen LogP contribution in [-0.4, -0.2) is 16.2 Å². The minimum absolute atomic E-state index is 0.387. The van der Waals surface area contributed by atoms with E-state index in [-0.39, 0.29) is 0 Å². The normalized spacial score (nSPS) is 10.8. The monoisotopic (exact) mass is 260 g/mol. The number of benzene rings is 1. The zero-order chi connectivity index (χ0) is 12.8. The van der Waals surface area contributed by atoms with Crippen LogP contribution in [-0.2, 0) is 0 Å². The van der Waals surface area contributed by atoms with Crippen LogP contribution in [0.1, 0.15) is 13.3 Å². The summed E-state index contributed by atoms with van der Waals surface area (Å²) in [5.74, 6) is 1.16. The maximum atomic E-state index is 5.97. The highest BCUT2D eigenvalue weighted by molar-refractivity contribution is 6.29. The van der Waals surface area contributed by atoms with Crippen LogP contribution in [0, 0.1) is 0 Å². The molecule has 0 spiro atoms. The van der Waals surface area contributed by atoms with E-state index in [2.05, 4.69) is 20.5 Å². The summed E-state index contributed by atoms with van der Waals surface area (Å²) in [6, 6.07) is 11.3. The average molecular weight is 261 g/mol. The maximum Gasteiger partial charge on any atom is 0.163 e. The largest absolute Gasteiger partial charge is 0.262 e. The first-order chi connectivity index (χ1) is 8.79. The fourth-order valence-corrected chi connectivity index (χ4v) is 1.58. The van der Waals surface area contributed by atoms with Gasteiger partial charge in [0.2, 0.25) is 0 Å². The maximum absolute atomic E-state index is 5.97. The quantitative estimate of drug-likeness (QED) is 0.519. The lowest BCUT2D eigenvalue weighted by molar-refractivity contribution is 1.14. The molecule has 92 valence electrons. The first kappa shape index (κ1) is 12.5. The number of hydrogen-bond acceptors (Lipinski definition) is 4. The number of halogens is 1. The Morgan fingerprint density at radius 1 is 1.28 bits per heavy atom. The van der Waals surface area contributed by atoms with Gasteiger partial charge in [-0.05, 0) is 6.42 Å². The third-order valence-corrected chi connectivity index (χ3v) is 2.37. The van der Waals surface area contributed by atoms with Crippen LogP contribution in [0.25, 0.3) is 11.4 Å². The Bertz CT molecular complexity index is 540.